The summed E-state index contributed by atoms with van der Waals surface area (Å²) in [4.78, 5) is 21.1. The molecule has 0 amide bonds. The first-order valence-electron chi connectivity index (χ1n) is 8.55. The lowest BCUT2D eigenvalue weighted by Gasteiger charge is -2.11. The average molecular weight is 400 g/mol. The van der Waals surface area contributed by atoms with E-state index in [1.165, 1.54) is 11.8 Å². The number of hydrogen-bond acceptors (Lipinski definition) is 4. The van der Waals surface area contributed by atoms with E-state index in [4.69, 9.17) is 21.3 Å². The second-order valence-corrected chi connectivity index (χ2v) is 7.53. The van der Waals surface area contributed by atoms with Gasteiger partial charge in [0.05, 0.1) is 13.2 Å². The Kier molecular flexibility index (Phi) is 5.20. The van der Waals surface area contributed by atoms with E-state index >= 15 is 0 Å². The fourth-order valence-corrected chi connectivity index (χ4v) is 4.09. The summed E-state index contributed by atoms with van der Waals surface area (Å²) in [5.41, 5.74) is 3.20. The molecule has 5 nitrogen and oxygen atoms in total. The van der Waals surface area contributed by atoms with Crippen molar-refractivity contribution in [3.8, 4) is 0 Å². The van der Waals surface area contributed by atoms with Gasteiger partial charge in [0.25, 0.3) is 5.56 Å². The van der Waals surface area contributed by atoms with E-state index in [1.807, 2.05) is 48.5 Å². The maximum absolute atomic E-state index is 13.1. The molecule has 2 heterocycles. The number of rotatable bonds is 6. The Labute approximate surface area is 165 Å². The van der Waals surface area contributed by atoms with Crippen molar-refractivity contribution in [3.63, 3.8) is 0 Å². The summed E-state index contributed by atoms with van der Waals surface area (Å²) in [7, 11) is 1.63. The van der Waals surface area contributed by atoms with Gasteiger partial charge in [-0.2, -0.15) is 0 Å². The third-order valence-electron chi connectivity index (χ3n) is 4.38. The second kappa shape index (κ2) is 7.76. The van der Waals surface area contributed by atoms with Gasteiger partial charge in [-0.05, 0) is 23.8 Å². The summed E-state index contributed by atoms with van der Waals surface area (Å²) in [5, 5.41) is 2.35. The third-order valence-corrected chi connectivity index (χ3v) is 5.68. The first-order valence-corrected chi connectivity index (χ1v) is 9.91. The van der Waals surface area contributed by atoms with Crippen LogP contribution >= 0.6 is 23.4 Å². The maximum Gasteiger partial charge on any atom is 0.278 e. The Morgan fingerprint density at radius 3 is 2.74 bits per heavy atom. The molecule has 138 valence electrons. The number of ether oxygens (including phenoxy) is 1. The van der Waals surface area contributed by atoms with Gasteiger partial charge in [-0.3, -0.25) is 9.36 Å². The fraction of sp³-hybridized carbons (Fsp3) is 0.200. The van der Waals surface area contributed by atoms with Crippen LogP contribution in [0.15, 0.2) is 58.5 Å². The summed E-state index contributed by atoms with van der Waals surface area (Å²) in [6, 6.07) is 15.5. The van der Waals surface area contributed by atoms with Gasteiger partial charge in [-0.1, -0.05) is 53.7 Å². The molecule has 0 radical (unpaired) electrons. The molecular weight excluding hydrogens is 382 g/mol. The van der Waals surface area contributed by atoms with Crippen LogP contribution in [0.5, 0.6) is 0 Å². The highest BCUT2D eigenvalue weighted by Gasteiger charge is 2.15. The van der Waals surface area contributed by atoms with Crippen LogP contribution in [0, 0.1) is 0 Å². The number of aromatic nitrogens is 3. The van der Waals surface area contributed by atoms with Gasteiger partial charge in [0.1, 0.15) is 11.0 Å². The molecule has 2 aromatic heterocycles. The lowest BCUT2D eigenvalue weighted by atomic mass is 10.2. The van der Waals surface area contributed by atoms with Gasteiger partial charge in [0.15, 0.2) is 5.16 Å². The maximum atomic E-state index is 13.1. The highest BCUT2D eigenvalue weighted by atomic mass is 35.5. The molecule has 0 aliphatic rings. The lowest BCUT2D eigenvalue weighted by molar-refractivity contribution is 0.183. The van der Waals surface area contributed by atoms with E-state index in [0.717, 1.165) is 16.5 Å². The van der Waals surface area contributed by atoms with Crippen LogP contribution in [0.2, 0.25) is 5.02 Å². The average Bonchev–Trinajstić information content (AvgIpc) is 3.06. The quantitative estimate of drug-likeness (QED) is 0.384. The minimum absolute atomic E-state index is 0.0770. The summed E-state index contributed by atoms with van der Waals surface area (Å²) >= 11 is 7.50. The number of nitrogens with zero attached hydrogens (tertiary/aromatic N) is 2. The molecule has 4 rings (SSSR count). The van der Waals surface area contributed by atoms with Crippen LogP contribution in [0.1, 0.15) is 5.56 Å². The Balaban J connectivity index is 1.79. The topological polar surface area (TPSA) is 59.9 Å². The summed E-state index contributed by atoms with van der Waals surface area (Å²) in [5.74, 6) is 0.699. The molecule has 0 aliphatic carbocycles. The highest BCUT2D eigenvalue weighted by Crippen LogP contribution is 2.26. The van der Waals surface area contributed by atoms with Gasteiger partial charge in [-0.25, -0.2) is 4.98 Å². The van der Waals surface area contributed by atoms with Crippen molar-refractivity contribution >= 4 is 45.3 Å². The second-order valence-electron chi connectivity index (χ2n) is 6.15. The van der Waals surface area contributed by atoms with Crippen molar-refractivity contribution < 1.29 is 4.74 Å². The van der Waals surface area contributed by atoms with Crippen molar-refractivity contribution in [2.45, 2.75) is 17.5 Å². The van der Waals surface area contributed by atoms with Crippen LogP contribution in [0.3, 0.4) is 0 Å². The molecule has 7 heteroatoms. The minimum Gasteiger partial charge on any atom is -0.383 e. The fourth-order valence-electron chi connectivity index (χ4n) is 2.99. The van der Waals surface area contributed by atoms with Crippen molar-refractivity contribution in [2.75, 3.05) is 13.7 Å². The van der Waals surface area contributed by atoms with E-state index in [9.17, 15) is 4.79 Å². The number of halogens is 1. The SMILES string of the molecule is COCCn1c(SCc2ccc(Cl)cc2)nc2c([nH]c3ccccc32)c1=O. The molecule has 0 fully saturated rings. The summed E-state index contributed by atoms with van der Waals surface area (Å²) < 4.78 is 6.86. The Morgan fingerprint density at radius 1 is 1.19 bits per heavy atom. The molecule has 0 bridgehead atoms. The molecule has 2 aromatic carbocycles. The largest absolute Gasteiger partial charge is 0.383 e. The Morgan fingerprint density at radius 2 is 1.96 bits per heavy atom. The normalized spacial score (nSPS) is 11.5. The van der Waals surface area contributed by atoms with E-state index in [1.54, 1.807) is 11.7 Å². The predicted octanol–water partition coefficient (Wildman–Crippen LogP) is 4.47. The van der Waals surface area contributed by atoms with Crippen molar-refractivity contribution in [1.82, 2.24) is 14.5 Å². The molecule has 27 heavy (non-hydrogen) atoms. The number of thioether (sulfide) groups is 1. The van der Waals surface area contributed by atoms with E-state index < -0.39 is 0 Å². The number of nitrogens with one attached hydrogen (secondary N) is 1. The van der Waals surface area contributed by atoms with Crippen LogP contribution in [0.4, 0.5) is 0 Å². The number of hydrogen-bond donors (Lipinski definition) is 1. The molecular formula is C20H18ClN3O2S. The standard InChI is InChI=1S/C20H18ClN3O2S/c1-26-11-10-24-19(25)18-17(15-4-2-3-5-16(15)22-18)23-20(24)27-12-13-6-8-14(21)9-7-13/h2-9,22H,10-12H2,1H3. The van der Waals surface area contributed by atoms with Crippen LogP contribution in [0.25, 0.3) is 21.9 Å². The van der Waals surface area contributed by atoms with Gasteiger partial charge < -0.3 is 9.72 Å². The number of fused-ring (bicyclic) bond motifs is 3. The third kappa shape index (κ3) is 3.60. The monoisotopic (exact) mass is 399 g/mol. The molecule has 1 N–H and O–H groups in total. The zero-order chi connectivity index (χ0) is 18.8. The molecule has 0 spiro atoms. The molecule has 4 aromatic rings. The van der Waals surface area contributed by atoms with E-state index in [-0.39, 0.29) is 5.56 Å². The Hall–Kier alpha value is -2.28. The lowest BCUT2D eigenvalue weighted by Crippen LogP contribution is -2.25. The Bertz CT molecular complexity index is 1150. The van der Waals surface area contributed by atoms with Gasteiger partial charge in [0, 0.05) is 28.8 Å². The van der Waals surface area contributed by atoms with Gasteiger partial charge >= 0.3 is 0 Å². The predicted molar refractivity (Wildman–Crippen MR) is 111 cm³/mol. The van der Waals surface area contributed by atoms with Crippen molar-refractivity contribution in [3.05, 3.63) is 69.5 Å². The molecule has 0 saturated heterocycles. The zero-order valence-corrected chi connectivity index (χ0v) is 16.3. The van der Waals surface area contributed by atoms with E-state index in [0.29, 0.717) is 40.1 Å². The first-order chi connectivity index (χ1) is 13.2. The van der Waals surface area contributed by atoms with Crippen molar-refractivity contribution in [2.24, 2.45) is 0 Å². The smallest absolute Gasteiger partial charge is 0.278 e. The number of para-hydroxylation sites is 1. The van der Waals surface area contributed by atoms with Gasteiger partial charge in [0.2, 0.25) is 0 Å². The summed E-state index contributed by atoms with van der Waals surface area (Å²) in [6.07, 6.45) is 0. The van der Waals surface area contributed by atoms with Crippen LogP contribution < -0.4 is 5.56 Å². The van der Waals surface area contributed by atoms with Gasteiger partial charge in [-0.15, -0.1) is 0 Å². The highest BCUT2D eigenvalue weighted by molar-refractivity contribution is 7.98. The molecule has 0 unspecified atom stereocenters. The summed E-state index contributed by atoms with van der Waals surface area (Å²) in [6.45, 7) is 0.901. The number of benzene rings is 2. The first kappa shape index (κ1) is 18.1. The number of H-pyrrole nitrogens is 1. The van der Waals surface area contributed by atoms with Crippen molar-refractivity contribution in [1.29, 1.82) is 0 Å². The van der Waals surface area contributed by atoms with E-state index in [2.05, 4.69) is 4.98 Å². The van der Waals surface area contributed by atoms with Crippen LogP contribution in [-0.4, -0.2) is 28.3 Å². The molecule has 0 atom stereocenters. The zero-order valence-electron chi connectivity index (χ0n) is 14.7. The number of aromatic amines is 1. The van der Waals surface area contributed by atoms with Crippen LogP contribution in [-0.2, 0) is 17.0 Å². The molecule has 0 aliphatic heterocycles. The minimum atomic E-state index is -0.0770. The number of methoxy groups -OCH3 is 1. The molecule has 0 saturated carbocycles.